The van der Waals surface area contributed by atoms with Gasteiger partial charge in [0.25, 0.3) is 0 Å². The maximum atomic E-state index is 13.4. The van der Waals surface area contributed by atoms with Gasteiger partial charge in [0.15, 0.2) is 16.6 Å². The molecule has 4 aromatic rings. The molecule has 0 unspecified atom stereocenters. The number of aromatic nitrogens is 4. The molecule has 1 saturated heterocycles. The molecular weight excluding hydrogens is 545 g/mol. The van der Waals surface area contributed by atoms with E-state index in [0.717, 1.165) is 45.8 Å². The highest BCUT2D eigenvalue weighted by molar-refractivity contribution is 7.14. The SMILES string of the molecule is CCc1nc2ccc(N3CCN(C(=O)OC(C)(C)C)[C@H](COC)C3)nn2c1N(C)c1nc(-c2ccc(F)cc2)cs1. The van der Waals surface area contributed by atoms with E-state index in [9.17, 15) is 9.18 Å². The van der Waals surface area contributed by atoms with Gasteiger partial charge in [0.1, 0.15) is 17.2 Å². The number of aryl methyl sites for hydroxylation is 1. The average Bonchev–Trinajstić information content (AvgIpc) is 3.57. The molecular formula is C29H36FN7O3S. The Labute approximate surface area is 243 Å². The molecule has 218 valence electrons. The zero-order valence-electron chi connectivity index (χ0n) is 24.3. The molecule has 0 bridgehead atoms. The van der Waals surface area contributed by atoms with E-state index in [0.29, 0.717) is 26.2 Å². The molecule has 0 spiro atoms. The molecule has 1 aliphatic heterocycles. The van der Waals surface area contributed by atoms with Crippen LogP contribution in [0.4, 0.5) is 26.0 Å². The number of carbonyl (C=O) groups excluding carboxylic acids is 1. The van der Waals surface area contributed by atoms with Crippen molar-refractivity contribution in [3.63, 3.8) is 0 Å². The summed E-state index contributed by atoms with van der Waals surface area (Å²) in [5.41, 5.74) is 2.71. The summed E-state index contributed by atoms with van der Waals surface area (Å²) in [6.07, 6.45) is 0.385. The van der Waals surface area contributed by atoms with Crippen LogP contribution in [0.3, 0.4) is 0 Å². The number of carbonyl (C=O) groups is 1. The van der Waals surface area contributed by atoms with Crippen LogP contribution in [0.25, 0.3) is 16.9 Å². The van der Waals surface area contributed by atoms with E-state index < -0.39 is 5.60 Å². The number of hydrogen-bond acceptors (Lipinski definition) is 9. The second-order valence-corrected chi connectivity index (χ2v) is 11.8. The molecule has 3 aromatic heterocycles. The van der Waals surface area contributed by atoms with Crippen molar-refractivity contribution >= 4 is 39.8 Å². The Bertz CT molecular complexity index is 1520. The van der Waals surface area contributed by atoms with Crippen molar-refractivity contribution in [3.8, 4) is 11.3 Å². The van der Waals surface area contributed by atoms with E-state index in [-0.39, 0.29) is 18.0 Å². The van der Waals surface area contributed by atoms with E-state index in [1.807, 2.05) is 54.7 Å². The van der Waals surface area contributed by atoms with Crippen LogP contribution in [0.5, 0.6) is 0 Å². The first-order chi connectivity index (χ1) is 19.6. The fourth-order valence-electron chi connectivity index (χ4n) is 4.92. The zero-order chi connectivity index (χ0) is 29.3. The summed E-state index contributed by atoms with van der Waals surface area (Å²) in [6.45, 7) is 9.70. The first-order valence-corrected chi connectivity index (χ1v) is 14.5. The van der Waals surface area contributed by atoms with Crippen molar-refractivity contribution in [2.45, 2.75) is 45.8 Å². The van der Waals surface area contributed by atoms with Crippen LogP contribution >= 0.6 is 11.3 Å². The van der Waals surface area contributed by atoms with Gasteiger partial charge in [-0.15, -0.1) is 16.4 Å². The highest BCUT2D eigenvalue weighted by Gasteiger charge is 2.34. The number of ether oxygens (including phenoxy) is 2. The lowest BCUT2D eigenvalue weighted by Crippen LogP contribution is -2.58. The summed E-state index contributed by atoms with van der Waals surface area (Å²) < 4.78 is 26.4. The maximum absolute atomic E-state index is 13.4. The first kappa shape index (κ1) is 28.7. The van der Waals surface area contributed by atoms with Gasteiger partial charge in [-0.3, -0.25) is 4.90 Å². The van der Waals surface area contributed by atoms with Crippen LogP contribution in [0.2, 0.25) is 0 Å². The lowest BCUT2D eigenvalue weighted by molar-refractivity contribution is 0.00337. The van der Waals surface area contributed by atoms with Gasteiger partial charge in [0.05, 0.1) is 24.0 Å². The molecule has 0 N–H and O–H groups in total. The second-order valence-electron chi connectivity index (χ2n) is 11.0. The van der Waals surface area contributed by atoms with Gasteiger partial charge in [-0.2, -0.15) is 4.52 Å². The van der Waals surface area contributed by atoms with E-state index >= 15 is 0 Å². The molecule has 1 amide bonds. The smallest absolute Gasteiger partial charge is 0.410 e. The standard InChI is InChI=1S/C29H36FN7O3S/c1-7-22-26(34(5)27-32-23(18-41-27)19-8-10-20(30)11-9-19)37-24(31-22)12-13-25(33-37)35-14-15-36(21(16-35)17-39-6)28(38)40-29(2,3)4/h8-13,18,21H,7,14-17H2,1-6H3/t21-/m0/s1. The number of piperazine rings is 1. The summed E-state index contributed by atoms with van der Waals surface area (Å²) in [4.78, 5) is 28.5. The van der Waals surface area contributed by atoms with Crippen molar-refractivity contribution in [3.05, 3.63) is 53.3 Å². The van der Waals surface area contributed by atoms with Gasteiger partial charge in [-0.1, -0.05) is 6.92 Å². The minimum absolute atomic E-state index is 0.183. The second kappa shape index (κ2) is 11.6. The number of methoxy groups -OCH3 is 1. The maximum Gasteiger partial charge on any atom is 0.410 e. The number of fused-ring (bicyclic) bond motifs is 1. The monoisotopic (exact) mass is 581 g/mol. The van der Waals surface area contributed by atoms with Gasteiger partial charge in [0.2, 0.25) is 0 Å². The minimum atomic E-state index is -0.573. The molecule has 5 rings (SSSR count). The lowest BCUT2D eigenvalue weighted by atomic mass is 10.1. The van der Waals surface area contributed by atoms with Crippen LogP contribution in [-0.2, 0) is 15.9 Å². The number of rotatable bonds is 7. The Balaban J connectivity index is 1.43. The van der Waals surface area contributed by atoms with E-state index in [1.54, 1.807) is 24.1 Å². The van der Waals surface area contributed by atoms with Gasteiger partial charge >= 0.3 is 6.09 Å². The van der Waals surface area contributed by atoms with Crippen molar-refractivity contribution in [2.75, 3.05) is 50.2 Å². The number of amides is 1. The molecule has 1 fully saturated rings. The largest absolute Gasteiger partial charge is 0.444 e. The molecule has 10 nitrogen and oxygen atoms in total. The van der Waals surface area contributed by atoms with Crippen molar-refractivity contribution in [1.29, 1.82) is 0 Å². The predicted octanol–water partition coefficient (Wildman–Crippen LogP) is 5.39. The normalized spacial score (nSPS) is 15.9. The average molecular weight is 582 g/mol. The fraction of sp³-hybridized carbons (Fsp3) is 0.448. The van der Waals surface area contributed by atoms with E-state index in [2.05, 4.69) is 11.8 Å². The minimum Gasteiger partial charge on any atom is -0.444 e. The topological polar surface area (TPSA) is 88.3 Å². The quantitative estimate of drug-likeness (QED) is 0.287. The number of benzene rings is 1. The van der Waals surface area contributed by atoms with Crippen molar-refractivity contribution in [2.24, 2.45) is 0 Å². The van der Waals surface area contributed by atoms with Crippen LogP contribution < -0.4 is 9.80 Å². The molecule has 0 saturated carbocycles. The number of anilines is 3. The third-order valence-electron chi connectivity index (χ3n) is 6.87. The third-order valence-corrected chi connectivity index (χ3v) is 7.79. The number of thiazole rings is 1. The molecule has 0 radical (unpaired) electrons. The number of halogens is 1. The Hall–Kier alpha value is -3.77. The Morgan fingerprint density at radius 1 is 1.15 bits per heavy atom. The Morgan fingerprint density at radius 2 is 1.90 bits per heavy atom. The molecule has 1 aliphatic rings. The lowest BCUT2D eigenvalue weighted by Gasteiger charge is -2.41. The molecule has 1 atom stereocenters. The Morgan fingerprint density at radius 3 is 2.59 bits per heavy atom. The van der Waals surface area contributed by atoms with Gasteiger partial charge in [0, 0.05) is 44.7 Å². The molecule has 41 heavy (non-hydrogen) atoms. The third kappa shape index (κ3) is 6.13. The van der Waals surface area contributed by atoms with Crippen molar-refractivity contribution < 1.29 is 18.7 Å². The number of nitrogens with zero attached hydrogens (tertiary/aromatic N) is 7. The van der Waals surface area contributed by atoms with E-state index in [1.165, 1.54) is 23.5 Å². The van der Waals surface area contributed by atoms with Crippen LogP contribution in [-0.4, -0.2) is 82.6 Å². The predicted molar refractivity (Wildman–Crippen MR) is 159 cm³/mol. The first-order valence-electron chi connectivity index (χ1n) is 13.6. The highest BCUT2D eigenvalue weighted by atomic mass is 32.1. The van der Waals surface area contributed by atoms with Gasteiger partial charge in [-0.05, 0) is 63.6 Å². The molecule has 1 aromatic carbocycles. The summed E-state index contributed by atoms with van der Waals surface area (Å²) in [5.74, 6) is 1.34. The number of hydrogen-bond donors (Lipinski definition) is 0. The van der Waals surface area contributed by atoms with Crippen molar-refractivity contribution in [1.82, 2.24) is 24.5 Å². The Kier molecular flexibility index (Phi) is 8.14. The molecule has 4 heterocycles. The molecule has 12 heteroatoms. The number of imidazole rings is 1. The van der Waals surface area contributed by atoms with Crippen LogP contribution in [0.1, 0.15) is 33.4 Å². The molecule has 0 aliphatic carbocycles. The summed E-state index contributed by atoms with van der Waals surface area (Å²) in [5, 5.41) is 7.75. The summed E-state index contributed by atoms with van der Waals surface area (Å²) in [6, 6.07) is 10.1. The van der Waals surface area contributed by atoms with E-state index in [4.69, 9.17) is 24.5 Å². The summed E-state index contributed by atoms with van der Waals surface area (Å²) in [7, 11) is 3.59. The van der Waals surface area contributed by atoms with Crippen LogP contribution in [0.15, 0.2) is 41.8 Å². The summed E-state index contributed by atoms with van der Waals surface area (Å²) >= 11 is 1.51. The van der Waals surface area contributed by atoms with Crippen LogP contribution in [0, 0.1) is 5.82 Å². The zero-order valence-corrected chi connectivity index (χ0v) is 25.1. The van der Waals surface area contributed by atoms with Gasteiger partial charge in [-0.25, -0.2) is 19.2 Å². The highest BCUT2D eigenvalue weighted by Crippen LogP contribution is 2.34. The fourth-order valence-corrected chi connectivity index (χ4v) is 5.72. The van der Waals surface area contributed by atoms with Gasteiger partial charge < -0.3 is 19.3 Å².